The van der Waals surface area contributed by atoms with E-state index in [0.717, 1.165) is 25.3 Å². The standard InChI is InChI=1S/C14H19N3S/c1-3-15-10-12-9-13(6-7-16-12)17(2)11-14-5-4-8-18-14/h4-9,15H,3,10-11H2,1-2H3. The molecule has 18 heavy (non-hydrogen) atoms. The molecule has 0 aromatic carbocycles. The second-order valence-electron chi connectivity index (χ2n) is 4.22. The van der Waals surface area contributed by atoms with Gasteiger partial charge in [-0.2, -0.15) is 0 Å². The van der Waals surface area contributed by atoms with Crippen molar-refractivity contribution >= 4 is 17.0 Å². The Morgan fingerprint density at radius 2 is 2.28 bits per heavy atom. The fourth-order valence-corrected chi connectivity index (χ4v) is 2.54. The highest BCUT2D eigenvalue weighted by Gasteiger charge is 2.04. The summed E-state index contributed by atoms with van der Waals surface area (Å²) in [7, 11) is 2.12. The van der Waals surface area contributed by atoms with Crippen LogP contribution in [0.15, 0.2) is 35.8 Å². The van der Waals surface area contributed by atoms with Crippen LogP contribution in [0, 0.1) is 0 Å². The number of anilines is 1. The molecular weight excluding hydrogens is 242 g/mol. The monoisotopic (exact) mass is 261 g/mol. The highest BCUT2D eigenvalue weighted by Crippen LogP contribution is 2.18. The molecule has 0 fully saturated rings. The summed E-state index contributed by atoms with van der Waals surface area (Å²) < 4.78 is 0. The Hall–Kier alpha value is -1.39. The molecule has 1 N–H and O–H groups in total. The zero-order chi connectivity index (χ0) is 12.8. The molecule has 0 spiro atoms. The lowest BCUT2D eigenvalue weighted by molar-refractivity contribution is 0.710. The average Bonchev–Trinajstić information content (AvgIpc) is 2.89. The molecule has 0 amide bonds. The van der Waals surface area contributed by atoms with Crippen LogP contribution < -0.4 is 10.2 Å². The van der Waals surface area contributed by atoms with Gasteiger partial charge in [-0.1, -0.05) is 13.0 Å². The SMILES string of the molecule is CCNCc1cc(N(C)Cc2cccs2)ccn1. The largest absolute Gasteiger partial charge is 0.369 e. The summed E-state index contributed by atoms with van der Waals surface area (Å²) in [5.41, 5.74) is 2.30. The Bertz CT molecular complexity index is 468. The number of pyridine rings is 1. The number of hydrogen-bond donors (Lipinski definition) is 1. The van der Waals surface area contributed by atoms with E-state index in [-0.39, 0.29) is 0 Å². The maximum absolute atomic E-state index is 4.37. The number of rotatable bonds is 6. The van der Waals surface area contributed by atoms with Crippen LogP contribution in [0.1, 0.15) is 17.5 Å². The van der Waals surface area contributed by atoms with Gasteiger partial charge in [-0.25, -0.2) is 0 Å². The summed E-state index contributed by atoms with van der Waals surface area (Å²) in [4.78, 5) is 8.00. The number of nitrogens with zero attached hydrogens (tertiary/aromatic N) is 2. The molecule has 0 saturated carbocycles. The molecule has 0 unspecified atom stereocenters. The number of aromatic nitrogens is 1. The zero-order valence-corrected chi connectivity index (χ0v) is 11.7. The summed E-state index contributed by atoms with van der Waals surface area (Å²) in [5.74, 6) is 0. The molecule has 3 nitrogen and oxygen atoms in total. The first-order valence-electron chi connectivity index (χ1n) is 6.18. The third-order valence-corrected chi connectivity index (χ3v) is 3.63. The Morgan fingerprint density at radius 3 is 3.00 bits per heavy atom. The van der Waals surface area contributed by atoms with E-state index in [1.54, 1.807) is 11.3 Å². The molecule has 0 radical (unpaired) electrons. The molecule has 0 aliphatic heterocycles. The summed E-state index contributed by atoms with van der Waals surface area (Å²) in [6, 6.07) is 8.47. The molecule has 0 saturated heterocycles. The molecule has 2 aromatic heterocycles. The number of nitrogens with one attached hydrogen (secondary N) is 1. The van der Waals surface area contributed by atoms with E-state index >= 15 is 0 Å². The first kappa shape index (κ1) is 13.1. The van der Waals surface area contributed by atoms with Gasteiger partial charge < -0.3 is 10.2 Å². The van der Waals surface area contributed by atoms with E-state index in [2.05, 4.69) is 58.8 Å². The number of thiophene rings is 1. The van der Waals surface area contributed by atoms with Crippen molar-refractivity contribution in [1.82, 2.24) is 10.3 Å². The van der Waals surface area contributed by atoms with Gasteiger partial charge in [0.05, 0.1) is 12.2 Å². The maximum atomic E-state index is 4.37. The third-order valence-electron chi connectivity index (χ3n) is 2.77. The molecule has 96 valence electrons. The summed E-state index contributed by atoms with van der Waals surface area (Å²) in [5, 5.41) is 5.41. The van der Waals surface area contributed by atoms with E-state index in [0.29, 0.717) is 0 Å². The second kappa shape index (κ2) is 6.52. The van der Waals surface area contributed by atoms with E-state index in [1.807, 2.05) is 6.20 Å². The lowest BCUT2D eigenvalue weighted by Gasteiger charge is -2.19. The first-order chi connectivity index (χ1) is 8.79. The minimum atomic E-state index is 0.831. The summed E-state index contributed by atoms with van der Waals surface area (Å²) >= 11 is 1.79. The van der Waals surface area contributed by atoms with Gasteiger partial charge in [0, 0.05) is 30.4 Å². The van der Waals surface area contributed by atoms with Crippen molar-refractivity contribution in [1.29, 1.82) is 0 Å². The van der Waals surface area contributed by atoms with Crippen molar-refractivity contribution in [2.45, 2.75) is 20.0 Å². The van der Waals surface area contributed by atoms with Gasteiger partial charge in [-0.15, -0.1) is 11.3 Å². The summed E-state index contributed by atoms with van der Waals surface area (Å²) in [6.07, 6.45) is 1.88. The molecule has 0 aliphatic carbocycles. The van der Waals surface area contributed by atoms with E-state index < -0.39 is 0 Å². The van der Waals surface area contributed by atoms with Crippen molar-refractivity contribution in [2.75, 3.05) is 18.5 Å². The van der Waals surface area contributed by atoms with Crippen molar-refractivity contribution < 1.29 is 0 Å². The fourth-order valence-electron chi connectivity index (χ4n) is 1.78. The van der Waals surface area contributed by atoms with E-state index in [1.165, 1.54) is 10.6 Å². The van der Waals surface area contributed by atoms with Crippen molar-refractivity contribution in [3.8, 4) is 0 Å². The smallest absolute Gasteiger partial charge is 0.0562 e. The van der Waals surface area contributed by atoms with Crippen LogP contribution in [0.4, 0.5) is 5.69 Å². The topological polar surface area (TPSA) is 28.2 Å². The minimum absolute atomic E-state index is 0.831. The quantitative estimate of drug-likeness (QED) is 0.866. The first-order valence-corrected chi connectivity index (χ1v) is 7.06. The molecule has 4 heteroatoms. The fraction of sp³-hybridized carbons (Fsp3) is 0.357. The van der Waals surface area contributed by atoms with Gasteiger partial charge in [0.2, 0.25) is 0 Å². The Labute approximate surface area is 112 Å². The van der Waals surface area contributed by atoms with Gasteiger partial charge in [0.25, 0.3) is 0 Å². The van der Waals surface area contributed by atoms with Crippen LogP contribution in [-0.2, 0) is 13.1 Å². The highest BCUT2D eigenvalue weighted by molar-refractivity contribution is 7.09. The third kappa shape index (κ3) is 3.55. The molecule has 2 heterocycles. The lowest BCUT2D eigenvalue weighted by atomic mass is 10.3. The molecule has 2 aromatic rings. The van der Waals surface area contributed by atoms with Crippen molar-refractivity contribution in [2.24, 2.45) is 0 Å². The molecule has 0 atom stereocenters. The van der Waals surface area contributed by atoms with Crippen LogP contribution in [0.5, 0.6) is 0 Å². The van der Waals surface area contributed by atoms with Crippen molar-refractivity contribution in [3.05, 3.63) is 46.4 Å². The zero-order valence-electron chi connectivity index (χ0n) is 10.9. The van der Waals surface area contributed by atoms with Crippen LogP contribution in [-0.4, -0.2) is 18.6 Å². The van der Waals surface area contributed by atoms with Gasteiger partial charge in [-0.3, -0.25) is 4.98 Å². The van der Waals surface area contributed by atoms with E-state index in [9.17, 15) is 0 Å². The predicted molar refractivity (Wildman–Crippen MR) is 78.0 cm³/mol. The Morgan fingerprint density at radius 1 is 1.39 bits per heavy atom. The van der Waals surface area contributed by atoms with Crippen LogP contribution in [0.25, 0.3) is 0 Å². The van der Waals surface area contributed by atoms with E-state index in [4.69, 9.17) is 0 Å². The second-order valence-corrected chi connectivity index (χ2v) is 5.25. The van der Waals surface area contributed by atoms with Crippen LogP contribution >= 0.6 is 11.3 Å². The van der Waals surface area contributed by atoms with Gasteiger partial charge in [-0.05, 0) is 30.1 Å². The van der Waals surface area contributed by atoms with Gasteiger partial charge >= 0.3 is 0 Å². The molecular formula is C14H19N3S. The Kier molecular flexibility index (Phi) is 4.73. The molecule has 0 aliphatic rings. The predicted octanol–water partition coefficient (Wildman–Crippen LogP) is 2.89. The molecule has 2 rings (SSSR count). The van der Waals surface area contributed by atoms with Gasteiger partial charge in [0.1, 0.15) is 0 Å². The van der Waals surface area contributed by atoms with Gasteiger partial charge in [0.15, 0.2) is 0 Å². The van der Waals surface area contributed by atoms with Crippen LogP contribution in [0.3, 0.4) is 0 Å². The average molecular weight is 261 g/mol. The maximum Gasteiger partial charge on any atom is 0.0562 e. The Balaban J connectivity index is 2.03. The lowest BCUT2D eigenvalue weighted by Crippen LogP contribution is -2.17. The van der Waals surface area contributed by atoms with Crippen LogP contribution in [0.2, 0.25) is 0 Å². The summed E-state index contributed by atoms with van der Waals surface area (Å²) in [6.45, 7) is 4.85. The normalized spacial score (nSPS) is 10.6. The molecule has 0 bridgehead atoms. The highest BCUT2D eigenvalue weighted by atomic mass is 32.1. The number of hydrogen-bond acceptors (Lipinski definition) is 4. The minimum Gasteiger partial charge on any atom is -0.369 e. The van der Waals surface area contributed by atoms with Crippen molar-refractivity contribution in [3.63, 3.8) is 0 Å².